The van der Waals surface area contributed by atoms with Gasteiger partial charge in [0.25, 0.3) is 5.91 Å². The van der Waals surface area contributed by atoms with E-state index in [-0.39, 0.29) is 11.4 Å². The summed E-state index contributed by atoms with van der Waals surface area (Å²) < 4.78 is 20.5. The summed E-state index contributed by atoms with van der Waals surface area (Å²) >= 11 is 5.90. The van der Waals surface area contributed by atoms with Gasteiger partial charge in [-0.1, -0.05) is 17.7 Å². The summed E-state index contributed by atoms with van der Waals surface area (Å²) in [5.74, 6) is -0.438. The number of rotatable bonds is 4. The van der Waals surface area contributed by atoms with Gasteiger partial charge in [0, 0.05) is 12.3 Å². The van der Waals surface area contributed by atoms with Crippen LogP contribution in [0.5, 0.6) is 11.5 Å². The average Bonchev–Trinajstić information content (AvgIpc) is 3.09. The highest BCUT2D eigenvalue weighted by Gasteiger charge is 2.16. The molecule has 0 unspecified atom stereocenters. The minimum atomic E-state index is -0.703. The van der Waals surface area contributed by atoms with Crippen molar-refractivity contribution in [2.75, 3.05) is 5.32 Å². The third-order valence-corrected chi connectivity index (χ3v) is 3.69. The van der Waals surface area contributed by atoms with Crippen LogP contribution >= 0.6 is 11.6 Å². The van der Waals surface area contributed by atoms with Crippen LogP contribution < -0.4 is 10.1 Å². The minimum absolute atomic E-state index is 0.0722. The Bertz CT molecular complexity index is 1150. The highest BCUT2D eigenvalue weighted by Crippen LogP contribution is 2.25. The predicted molar refractivity (Wildman–Crippen MR) is 94.5 cm³/mol. The number of nitrogens with zero attached hydrogens (tertiary/aromatic N) is 5. The van der Waals surface area contributed by atoms with E-state index < -0.39 is 11.9 Å². The molecule has 0 aliphatic carbocycles. The SMILES string of the molecule is O=C(Nc1cccc(F)n1)c1cc(Oc2cncc(Cl)c2)cn2cnnc12. The molecule has 0 atom stereocenters. The van der Waals surface area contributed by atoms with Crippen molar-refractivity contribution in [2.45, 2.75) is 0 Å². The molecule has 0 saturated heterocycles. The lowest BCUT2D eigenvalue weighted by Gasteiger charge is -2.10. The Labute approximate surface area is 156 Å². The van der Waals surface area contributed by atoms with E-state index in [4.69, 9.17) is 16.3 Å². The van der Waals surface area contributed by atoms with Crippen molar-refractivity contribution in [1.29, 1.82) is 0 Å². The number of ether oxygens (including phenoxy) is 1. The second kappa shape index (κ2) is 6.96. The zero-order chi connectivity index (χ0) is 18.8. The van der Waals surface area contributed by atoms with Gasteiger partial charge < -0.3 is 10.1 Å². The number of amides is 1. The van der Waals surface area contributed by atoms with E-state index in [1.54, 1.807) is 12.3 Å². The van der Waals surface area contributed by atoms with Crippen LogP contribution in [0.15, 0.2) is 55.2 Å². The number of carbonyl (C=O) groups excluding carboxylic acids is 1. The number of aromatic nitrogens is 5. The number of halogens is 2. The van der Waals surface area contributed by atoms with E-state index in [0.717, 1.165) is 0 Å². The summed E-state index contributed by atoms with van der Waals surface area (Å²) in [6.45, 7) is 0. The number of hydrogen-bond acceptors (Lipinski definition) is 6. The van der Waals surface area contributed by atoms with Crippen molar-refractivity contribution >= 4 is 29.0 Å². The standard InChI is InChI=1S/C17H10ClFN6O2/c18-10-4-11(7-20-6-10)27-12-5-13(16-24-21-9-25(16)8-12)17(26)23-15-3-1-2-14(19)22-15/h1-9H,(H,22,23,26). The maximum Gasteiger partial charge on any atom is 0.260 e. The van der Waals surface area contributed by atoms with Gasteiger partial charge in [-0.15, -0.1) is 10.2 Å². The van der Waals surface area contributed by atoms with Crippen LogP contribution in [0.4, 0.5) is 10.2 Å². The van der Waals surface area contributed by atoms with Crippen molar-refractivity contribution < 1.29 is 13.9 Å². The second-order valence-electron chi connectivity index (χ2n) is 5.39. The molecule has 134 valence electrons. The fraction of sp³-hybridized carbons (Fsp3) is 0. The number of anilines is 1. The summed E-state index contributed by atoms with van der Waals surface area (Å²) in [4.78, 5) is 20.2. The summed E-state index contributed by atoms with van der Waals surface area (Å²) in [7, 11) is 0. The molecule has 8 nitrogen and oxygen atoms in total. The van der Waals surface area contributed by atoms with Gasteiger partial charge in [0.15, 0.2) is 5.65 Å². The third-order valence-electron chi connectivity index (χ3n) is 3.48. The summed E-state index contributed by atoms with van der Waals surface area (Å²) in [5, 5.41) is 10.7. The fourth-order valence-electron chi connectivity index (χ4n) is 2.38. The lowest BCUT2D eigenvalue weighted by Crippen LogP contribution is -2.15. The molecule has 4 aromatic heterocycles. The quantitative estimate of drug-likeness (QED) is 0.542. The van der Waals surface area contributed by atoms with Crippen molar-refractivity contribution in [3.8, 4) is 11.5 Å². The minimum Gasteiger partial charge on any atom is -0.454 e. The maximum absolute atomic E-state index is 13.2. The molecule has 10 heteroatoms. The normalized spacial score (nSPS) is 10.7. The number of nitrogens with one attached hydrogen (secondary N) is 1. The van der Waals surface area contributed by atoms with Gasteiger partial charge in [0.2, 0.25) is 5.95 Å². The largest absolute Gasteiger partial charge is 0.454 e. The smallest absolute Gasteiger partial charge is 0.260 e. The maximum atomic E-state index is 13.2. The van der Waals surface area contributed by atoms with E-state index in [0.29, 0.717) is 22.2 Å². The molecule has 1 N–H and O–H groups in total. The highest BCUT2D eigenvalue weighted by atomic mass is 35.5. The molecular formula is C17H10ClFN6O2. The molecule has 4 heterocycles. The van der Waals surface area contributed by atoms with Gasteiger partial charge >= 0.3 is 0 Å². The zero-order valence-corrected chi connectivity index (χ0v) is 14.3. The first-order valence-corrected chi connectivity index (χ1v) is 8.02. The predicted octanol–water partition coefficient (Wildman–Crippen LogP) is 3.36. The van der Waals surface area contributed by atoms with E-state index in [9.17, 15) is 9.18 Å². The Morgan fingerprint density at radius 3 is 2.93 bits per heavy atom. The van der Waals surface area contributed by atoms with Crippen LogP contribution in [-0.2, 0) is 0 Å². The summed E-state index contributed by atoms with van der Waals surface area (Å²) in [6, 6.07) is 7.16. The lowest BCUT2D eigenvalue weighted by molar-refractivity contribution is 0.102. The molecule has 0 fully saturated rings. The molecule has 1 amide bonds. The topological polar surface area (TPSA) is 94.3 Å². The van der Waals surface area contributed by atoms with E-state index in [2.05, 4.69) is 25.5 Å². The Morgan fingerprint density at radius 2 is 2.11 bits per heavy atom. The Hall–Kier alpha value is -3.59. The van der Waals surface area contributed by atoms with E-state index >= 15 is 0 Å². The highest BCUT2D eigenvalue weighted by molar-refractivity contribution is 6.30. The number of carbonyl (C=O) groups is 1. The molecule has 0 aromatic carbocycles. The first-order valence-electron chi connectivity index (χ1n) is 7.64. The number of fused-ring (bicyclic) bond motifs is 1. The van der Waals surface area contributed by atoms with Crippen LogP contribution in [0.2, 0.25) is 5.02 Å². The van der Waals surface area contributed by atoms with Gasteiger partial charge in [0.05, 0.1) is 23.0 Å². The molecule has 0 bridgehead atoms. The molecule has 27 heavy (non-hydrogen) atoms. The fourth-order valence-corrected chi connectivity index (χ4v) is 2.54. The van der Waals surface area contributed by atoms with Gasteiger partial charge in [-0.25, -0.2) is 4.98 Å². The molecule has 0 saturated carbocycles. The first-order chi connectivity index (χ1) is 13.1. The van der Waals surface area contributed by atoms with Crippen LogP contribution in [0.25, 0.3) is 5.65 Å². The molecule has 4 rings (SSSR count). The number of hydrogen-bond donors (Lipinski definition) is 1. The first kappa shape index (κ1) is 16.9. The Kier molecular flexibility index (Phi) is 4.35. The van der Waals surface area contributed by atoms with E-state index in [1.807, 2.05) is 0 Å². The summed E-state index contributed by atoms with van der Waals surface area (Å²) in [5.41, 5.74) is 0.478. The molecule has 0 radical (unpaired) electrons. The third kappa shape index (κ3) is 3.67. The van der Waals surface area contributed by atoms with Crippen LogP contribution in [-0.4, -0.2) is 30.5 Å². The van der Waals surface area contributed by atoms with E-state index in [1.165, 1.54) is 47.4 Å². The van der Waals surface area contributed by atoms with Gasteiger partial charge in [0.1, 0.15) is 23.6 Å². The van der Waals surface area contributed by atoms with Crippen molar-refractivity contribution in [3.63, 3.8) is 0 Å². The second-order valence-corrected chi connectivity index (χ2v) is 5.83. The molecule has 0 spiro atoms. The van der Waals surface area contributed by atoms with Gasteiger partial charge in [-0.05, 0) is 18.2 Å². The van der Waals surface area contributed by atoms with Crippen molar-refractivity contribution in [3.05, 3.63) is 71.8 Å². The zero-order valence-electron chi connectivity index (χ0n) is 13.5. The lowest BCUT2D eigenvalue weighted by atomic mass is 10.2. The molecule has 0 aliphatic rings. The van der Waals surface area contributed by atoms with Crippen molar-refractivity contribution in [2.24, 2.45) is 0 Å². The average molecular weight is 385 g/mol. The number of pyridine rings is 3. The molecule has 0 aliphatic heterocycles. The van der Waals surface area contributed by atoms with Crippen LogP contribution in [0.1, 0.15) is 10.4 Å². The van der Waals surface area contributed by atoms with Crippen LogP contribution in [0.3, 0.4) is 0 Å². The Morgan fingerprint density at radius 1 is 1.22 bits per heavy atom. The summed E-state index contributed by atoms with van der Waals surface area (Å²) in [6.07, 6.45) is 5.99. The van der Waals surface area contributed by atoms with Crippen molar-refractivity contribution in [1.82, 2.24) is 24.6 Å². The monoisotopic (exact) mass is 384 g/mol. The molecular weight excluding hydrogens is 375 g/mol. The van der Waals surface area contributed by atoms with Gasteiger partial charge in [-0.2, -0.15) is 4.39 Å². The van der Waals surface area contributed by atoms with Crippen LogP contribution in [0, 0.1) is 5.95 Å². The van der Waals surface area contributed by atoms with Gasteiger partial charge in [-0.3, -0.25) is 14.2 Å². The Balaban J connectivity index is 1.69. The molecule has 4 aromatic rings.